The molecule has 0 unspecified atom stereocenters. The number of nitrogens with one attached hydrogen (secondary N) is 2. The van der Waals surface area contributed by atoms with E-state index in [0.29, 0.717) is 12.1 Å². The van der Waals surface area contributed by atoms with Crippen LogP contribution in [0, 0.1) is 18.3 Å². The lowest BCUT2D eigenvalue weighted by Gasteiger charge is -2.04. The number of imidazole rings is 1. The molecule has 1 aromatic carbocycles. The third kappa shape index (κ3) is 2.39. The molecule has 0 saturated heterocycles. The van der Waals surface area contributed by atoms with Gasteiger partial charge in [0, 0.05) is 5.69 Å². The summed E-state index contributed by atoms with van der Waals surface area (Å²) in [6.45, 7) is 2.59. The maximum absolute atomic E-state index is 8.76. The van der Waals surface area contributed by atoms with Crippen molar-refractivity contribution >= 4 is 5.69 Å². The van der Waals surface area contributed by atoms with E-state index in [-0.39, 0.29) is 0 Å². The number of aryl methyl sites for hydroxylation is 1. The molecule has 0 bridgehead atoms. The van der Waals surface area contributed by atoms with Gasteiger partial charge < -0.3 is 10.3 Å². The van der Waals surface area contributed by atoms with Gasteiger partial charge in [0.05, 0.1) is 30.1 Å². The van der Waals surface area contributed by atoms with Gasteiger partial charge in [0.2, 0.25) is 0 Å². The van der Waals surface area contributed by atoms with Crippen LogP contribution in [0.5, 0.6) is 0 Å². The molecule has 0 fully saturated rings. The number of rotatable bonds is 3. The summed E-state index contributed by atoms with van der Waals surface area (Å²) in [6.07, 6.45) is 1.80. The van der Waals surface area contributed by atoms with Crippen LogP contribution in [0.25, 0.3) is 0 Å². The second-order valence-corrected chi connectivity index (χ2v) is 3.54. The maximum atomic E-state index is 8.76. The third-order valence-electron chi connectivity index (χ3n) is 2.23. The van der Waals surface area contributed by atoms with Crippen LogP contribution in [0.3, 0.4) is 0 Å². The van der Waals surface area contributed by atoms with E-state index in [1.54, 1.807) is 12.3 Å². The topological polar surface area (TPSA) is 64.5 Å². The summed E-state index contributed by atoms with van der Waals surface area (Å²) in [5.74, 6) is 0.905. The number of nitrogens with zero attached hydrogens (tertiary/aromatic N) is 2. The lowest BCUT2D eigenvalue weighted by atomic mass is 10.2. The Hall–Kier alpha value is -2.28. The standard InChI is InChI=1S/C12H12N4/c1-9-14-7-12(16-9)8-15-11-4-2-3-10(5-11)6-13/h2-5,7,15H,8H2,1H3,(H,14,16). The van der Waals surface area contributed by atoms with Gasteiger partial charge >= 0.3 is 0 Å². The van der Waals surface area contributed by atoms with Crippen molar-refractivity contribution in [2.24, 2.45) is 0 Å². The first kappa shape index (κ1) is 10.2. The number of benzene rings is 1. The maximum Gasteiger partial charge on any atom is 0.103 e. The summed E-state index contributed by atoms with van der Waals surface area (Å²) in [5.41, 5.74) is 2.62. The van der Waals surface area contributed by atoms with Gasteiger partial charge in [-0.15, -0.1) is 0 Å². The summed E-state index contributed by atoms with van der Waals surface area (Å²) in [7, 11) is 0. The van der Waals surface area contributed by atoms with Gasteiger partial charge in [-0.3, -0.25) is 0 Å². The van der Waals surface area contributed by atoms with Crippen LogP contribution < -0.4 is 5.32 Å². The smallest absolute Gasteiger partial charge is 0.103 e. The van der Waals surface area contributed by atoms with E-state index in [4.69, 9.17) is 5.26 Å². The highest BCUT2D eigenvalue weighted by Gasteiger charge is 1.97. The lowest BCUT2D eigenvalue weighted by molar-refractivity contribution is 1.05. The van der Waals surface area contributed by atoms with Gasteiger partial charge in [0.25, 0.3) is 0 Å². The highest BCUT2D eigenvalue weighted by Crippen LogP contribution is 2.10. The molecule has 0 spiro atoms. The van der Waals surface area contributed by atoms with Crippen LogP contribution in [0.15, 0.2) is 30.5 Å². The number of nitriles is 1. The molecule has 2 rings (SSSR count). The summed E-state index contributed by atoms with van der Waals surface area (Å²) in [5, 5.41) is 12.0. The molecule has 80 valence electrons. The molecule has 1 heterocycles. The molecule has 0 aliphatic rings. The fraction of sp³-hybridized carbons (Fsp3) is 0.167. The molecule has 16 heavy (non-hydrogen) atoms. The lowest BCUT2D eigenvalue weighted by Crippen LogP contribution is -1.99. The van der Waals surface area contributed by atoms with Crippen LogP contribution >= 0.6 is 0 Å². The van der Waals surface area contributed by atoms with Gasteiger partial charge in [0.15, 0.2) is 0 Å². The average Bonchev–Trinajstić information content (AvgIpc) is 2.73. The van der Waals surface area contributed by atoms with E-state index >= 15 is 0 Å². The number of H-pyrrole nitrogens is 1. The second-order valence-electron chi connectivity index (χ2n) is 3.54. The van der Waals surface area contributed by atoms with E-state index in [1.165, 1.54) is 0 Å². The minimum atomic E-state index is 0.658. The first-order chi connectivity index (χ1) is 7.78. The minimum absolute atomic E-state index is 0.658. The molecule has 2 aromatic rings. The van der Waals surface area contributed by atoms with E-state index < -0.39 is 0 Å². The van der Waals surface area contributed by atoms with E-state index in [1.807, 2.05) is 25.1 Å². The van der Waals surface area contributed by atoms with Crippen LogP contribution in [0.2, 0.25) is 0 Å². The molecule has 0 amide bonds. The van der Waals surface area contributed by atoms with Crippen molar-refractivity contribution in [2.75, 3.05) is 5.32 Å². The SMILES string of the molecule is Cc1ncc(CNc2cccc(C#N)c2)[nH]1. The second kappa shape index (κ2) is 4.49. The van der Waals surface area contributed by atoms with Crippen LogP contribution in [0.1, 0.15) is 17.1 Å². The van der Waals surface area contributed by atoms with Crippen LogP contribution in [-0.2, 0) is 6.54 Å². The molecule has 0 saturated carbocycles. The first-order valence-electron chi connectivity index (χ1n) is 5.02. The molecule has 0 aliphatic heterocycles. The summed E-state index contributed by atoms with van der Waals surface area (Å²) in [6, 6.07) is 9.51. The third-order valence-corrected chi connectivity index (χ3v) is 2.23. The van der Waals surface area contributed by atoms with Crippen molar-refractivity contribution in [1.29, 1.82) is 5.26 Å². The largest absolute Gasteiger partial charge is 0.379 e. The number of hydrogen-bond acceptors (Lipinski definition) is 3. The summed E-state index contributed by atoms with van der Waals surface area (Å²) in [4.78, 5) is 7.25. The van der Waals surface area contributed by atoms with E-state index in [0.717, 1.165) is 17.2 Å². The Morgan fingerprint density at radius 1 is 1.50 bits per heavy atom. The molecular formula is C12H12N4. The van der Waals surface area contributed by atoms with Crippen molar-refractivity contribution in [3.8, 4) is 6.07 Å². The predicted octanol–water partition coefficient (Wildman–Crippen LogP) is 2.20. The van der Waals surface area contributed by atoms with Gasteiger partial charge in [-0.25, -0.2) is 4.98 Å². The monoisotopic (exact) mass is 212 g/mol. The Balaban J connectivity index is 2.02. The molecule has 4 nitrogen and oxygen atoms in total. The van der Waals surface area contributed by atoms with Gasteiger partial charge in [-0.2, -0.15) is 5.26 Å². The number of hydrogen-bond donors (Lipinski definition) is 2. The zero-order valence-electron chi connectivity index (χ0n) is 8.99. The molecular weight excluding hydrogens is 200 g/mol. The van der Waals surface area contributed by atoms with Crippen LogP contribution in [0.4, 0.5) is 5.69 Å². The highest BCUT2D eigenvalue weighted by molar-refractivity contribution is 5.49. The summed E-state index contributed by atoms with van der Waals surface area (Å²) >= 11 is 0. The Labute approximate surface area is 94.0 Å². The molecule has 2 N–H and O–H groups in total. The summed E-state index contributed by atoms with van der Waals surface area (Å²) < 4.78 is 0. The molecule has 1 aromatic heterocycles. The zero-order valence-corrected chi connectivity index (χ0v) is 8.99. The van der Waals surface area contributed by atoms with Crippen molar-refractivity contribution in [3.05, 3.63) is 47.5 Å². The van der Waals surface area contributed by atoms with Crippen molar-refractivity contribution in [3.63, 3.8) is 0 Å². The Kier molecular flexibility index (Phi) is 2.88. The van der Waals surface area contributed by atoms with Crippen molar-refractivity contribution < 1.29 is 0 Å². The number of aromatic nitrogens is 2. The Bertz CT molecular complexity index is 522. The molecule has 0 aliphatic carbocycles. The molecule has 0 radical (unpaired) electrons. The molecule has 0 atom stereocenters. The highest BCUT2D eigenvalue weighted by atomic mass is 15.0. The first-order valence-corrected chi connectivity index (χ1v) is 5.02. The van der Waals surface area contributed by atoms with Crippen LogP contribution in [-0.4, -0.2) is 9.97 Å². The minimum Gasteiger partial charge on any atom is -0.379 e. The average molecular weight is 212 g/mol. The van der Waals surface area contributed by atoms with Crippen molar-refractivity contribution in [1.82, 2.24) is 9.97 Å². The normalized spacial score (nSPS) is 9.75. The fourth-order valence-electron chi connectivity index (χ4n) is 1.46. The van der Waals surface area contributed by atoms with Crippen molar-refractivity contribution in [2.45, 2.75) is 13.5 Å². The van der Waals surface area contributed by atoms with E-state index in [9.17, 15) is 0 Å². The fourth-order valence-corrected chi connectivity index (χ4v) is 1.46. The number of anilines is 1. The van der Waals surface area contributed by atoms with Gasteiger partial charge in [0.1, 0.15) is 5.82 Å². The Morgan fingerprint density at radius 2 is 2.38 bits per heavy atom. The van der Waals surface area contributed by atoms with Gasteiger partial charge in [-0.1, -0.05) is 6.07 Å². The Morgan fingerprint density at radius 3 is 3.06 bits per heavy atom. The zero-order chi connectivity index (χ0) is 11.4. The molecule has 4 heteroatoms. The number of aromatic amines is 1. The predicted molar refractivity (Wildman–Crippen MR) is 61.8 cm³/mol. The van der Waals surface area contributed by atoms with Gasteiger partial charge in [-0.05, 0) is 25.1 Å². The van der Waals surface area contributed by atoms with E-state index in [2.05, 4.69) is 21.4 Å². The quantitative estimate of drug-likeness (QED) is 0.819.